The summed E-state index contributed by atoms with van der Waals surface area (Å²) in [7, 11) is 0. The molecule has 1 aliphatic heterocycles. The van der Waals surface area contributed by atoms with Gasteiger partial charge in [0.05, 0.1) is 13.2 Å². The van der Waals surface area contributed by atoms with E-state index >= 15 is 0 Å². The van der Waals surface area contributed by atoms with E-state index in [1.165, 1.54) is 6.92 Å². The fourth-order valence-electron chi connectivity index (χ4n) is 7.79. The summed E-state index contributed by atoms with van der Waals surface area (Å²) in [6, 6.07) is 0. The smallest absolute Gasteiger partial charge is 0.303 e. The van der Waals surface area contributed by atoms with Crippen LogP contribution in [0.1, 0.15) is 59.3 Å². The number of carbonyl (C=O) groups excluding carboxylic acids is 2. The maximum atomic E-state index is 13.7. The summed E-state index contributed by atoms with van der Waals surface area (Å²) in [6.07, 6.45) is 5.27. The molecular weight excluding hydrogens is 372 g/mol. The van der Waals surface area contributed by atoms with E-state index in [0.717, 1.165) is 31.3 Å². The van der Waals surface area contributed by atoms with Gasteiger partial charge in [-0.1, -0.05) is 25.5 Å². The lowest BCUT2D eigenvalue weighted by atomic mass is 9.46. The van der Waals surface area contributed by atoms with Crippen LogP contribution >= 0.6 is 0 Å². The van der Waals surface area contributed by atoms with E-state index in [0.29, 0.717) is 32.0 Å². The molecule has 4 aliphatic carbocycles. The molecule has 0 aromatic rings. The van der Waals surface area contributed by atoms with Gasteiger partial charge in [-0.2, -0.15) is 0 Å². The summed E-state index contributed by atoms with van der Waals surface area (Å²) in [5, 5.41) is 11.3. The largest absolute Gasteiger partial charge is 0.459 e. The lowest BCUT2D eigenvalue weighted by Crippen LogP contribution is -2.62. The van der Waals surface area contributed by atoms with E-state index < -0.39 is 29.4 Å². The van der Waals surface area contributed by atoms with Gasteiger partial charge in [-0.3, -0.25) is 9.59 Å². The molecule has 1 saturated heterocycles. The van der Waals surface area contributed by atoms with Crippen LogP contribution in [0, 0.1) is 28.6 Å². The number of hydrogen-bond donors (Lipinski definition) is 1. The maximum absolute atomic E-state index is 13.7. The molecule has 3 saturated carbocycles. The second-order valence-corrected chi connectivity index (χ2v) is 10.2. The molecule has 6 nitrogen and oxygen atoms in total. The first-order valence-electron chi connectivity index (χ1n) is 11.1. The van der Waals surface area contributed by atoms with Crippen LogP contribution in [0.3, 0.4) is 0 Å². The van der Waals surface area contributed by atoms with Crippen molar-refractivity contribution in [2.24, 2.45) is 28.6 Å². The van der Waals surface area contributed by atoms with E-state index in [1.54, 1.807) is 0 Å². The Kier molecular flexibility index (Phi) is 4.34. The van der Waals surface area contributed by atoms with Gasteiger partial charge in [0.1, 0.15) is 18.0 Å². The van der Waals surface area contributed by atoms with Crippen molar-refractivity contribution in [2.45, 2.75) is 77.3 Å². The van der Waals surface area contributed by atoms with Crippen molar-refractivity contribution >= 4 is 11.8 Å². The number of carbonyl (C=O) groups is 2. The topological polar surface area (TPSA) is 82.1 Å². The normalized spacial score (nSPS) is 47.9. The third kappa shape index (κ3) is 2.45. The summed E-state index contributed by atoms with van der Waals surface area (Å²) in [5.41, 5.74) is 0.175. The Hall–Kier alpha value is -1.24. The zero-order valence-corrected chi connectivity index (χ0v) is 17.6. The van der Waals surface area contributed by atoms with Gasteiger partial charge in [0, 0.05) is 42.9 Å². The minimum Gasteiger partial charge on any atom is -0.459 e. The highest BCUT2D eigenvalue weighted by Gasteiger charge is 2.70. The van der Waals surface area contributed by atoms with Gasteiger partial charge in [-0.05, 0) is 31.1 Å². The Morgan fingerprint density at radius 2 is 1.97 bits per heavy atom. The molecule has 5 rings (SSSR count). The summed E-state index contributed by atoms with van der Waals surface area (Å²) < 4.78 is 17.7. The monoisotopic (exact) mass is 404 g/mol. The molecule has 0 aromatic carbocycles. The molecule has 1 N–H and O–H groups in total. The van der Waals surface area contributed by atoms with Crippen molar-refractivity contribution in [1.82, 2.24) is 0 Å². The van der Waals surface area contributed by atoms with Crippen LogP contribution in [0.2, 0.25) is 0 Å². The highest BCUT2D eigenvalue weighted by molar-refractivity contribution is 5.85. The van der Waals surface area contributed by atoms with Crippen LogP contribution in [-0.4, -0.2) is 48.1 Å². The summed E-state index contributed by atoms with van der Waals surface area (Å²) in [4.78, 5) is 25.2. The van der Waals surface area contributed by atoms with Crippen LogP contribution in [0.5, 0.6) is 0 Å². The van der Waals surface area contributed by atoms with Gasteiger partial charge in [0.25, 0.3) is 0 Å². The summed E-state index contributed by atoms with van der Waals surface area (Å²) in [5.74, 6) is -0.530. The average molecular weight is 405 g/mol. The van der Waals surface area contributed by atoms with Gasteiger partial charge in [0.2, 0.25) is 0 Å². The zero-order chi connectivity index (χ0) is 20.6. The molecular formula is C23H32O6. The van der Waals surface area contributed by atoms with Gasteiger partial charge in [-0.25, -0.2) is 0 Å². The minimum absolute atomic E-state index is 0.196. The van der Waals surface area contributed by atoms with Crippen LogP contribution in [0.4, 0.5) is 0 Å². The first-order chi connectivity index (χ1) is 13.7. The quantitative estimate of drug-likeness (QED) is 0.535. The Labute approximate surface area is 172 Å². The number of hydrogen-bond acceptors (Lipinski definition) is 6. The molecule has 1 heterocycles. The summed E-state index contributed by atoms with van der Waals surface area (Å²) >= 11 is 0. The third-order valence-electron chi connectivity index (χ3n) is 9.03. The molecule has 4 fully saturated rings. The van der Waals surface area contributed by atoms with Crippen molar-refractivity contribution in [3.05, 3.63) is 11.6 Å². The Morgan fingerprint density at radius 1 is 1.24 bits per heavy atom. The fourth-order valence-corrected chi connectivity index (χ4v) is 7.79. The Bertz CT molecular complexity index is 767. The predicted molar refractivity (Wildman–Crippen MR) is 104 cm³/mol. The van der Waals surface area contributed by atoms with Gasteiger partial charge < -0.3 is 19.3 Å². The fraction of sp³-hybridized carbons (Fsp3) is 0.826. The van der Waals surface area contributed by atoms with E-state index in [1.807, 2.05) is 6.92 Å². The molecule has 7 atom stereocenters. The van der Waals surface area contributed by atoms with Gasteiger partial charge in [-0.15, -0.1) is 0 Å². The van der Waals surface area contributed by atoms with Crippen LogP contribution in [0.25, 0.3) is 0 Å². The van der Waals surface area contributed by atoms with Crippen molar-refractivity contribution in [3.63, 3.8) is 0 Å². The molecule has 1 spiro atoms. The number of rotatable bonds is 1. The van der Waals surface area contributed by atoms with E-state index in [2.05, 4.69) is 13.0 Å². The lowest BCUT2D eigenvalue weighted by molar-refractivity contribution is -0.241. The van der Waals surface area contributed by atoms with Gasteiger partial charge >= 0.3 is 5.97 Å². The SMILES string of the molecule is CC(=O)O[C@@H]1CC=C2CC[C@@H]3[C@H](C(=O)C[C@@]4(C)[C@H]3CCC43OCCO3)[C@@]2(C)[C@H]1O. The van der Waals surface area contributed by atoms with Crippen molar-refractivity contribution in [3.8, 4) is 0 Å². The first-order valence-corrected chi connectivity index (χ1v) is 11.1. The minimum atomic E-state index is -0.859. The predicted octanol–water partition coefficient (Wildman–Crippen LogP) is 2.77. The third-order valence-corrected chi connectivity index (χ3v) is 9.03. The van der Waals surface area contributed by atoms with Crippen molar-refractivity contribution in [1.29, 1.82) is 0 Å². The number of fused-ring (bicyclic) bond motifs is 6. The van der Waals surface area contributed by atoms with E-state index in [4.69, 9.17) is 14.2 Å². The number of ether oxygens (including phenoxy) is 3. The highest BCUT2D eigenvalue weighted by Crippen LogP contribution is 2.68. The van der Waals surface area contributed by atoms with E-state index in [-0.39, 0.29) is 23.0 Å². The van der Waals surface area contributed by atoms with Crippen molar-refractivity contribution < 1.29 is 28.9 Å². The second kappa shape index (κ2) is 6.38. The molecule has 0 radical (unpaired) electrons. The number of aliphatic hydroxyl groups excluding tert-OH is 1. The molecule has 6 heteroatoms. The molecule has 0 aromatic heterocycles. The van der Waals surface area contributed by atoms with Crippen LogP contribution in [0.15, 0.2) is 11.6 Å². The number of Topliss-reactive ketones (excluding diaryl/α,β-unsaturated/α-hetero) is 1. The number of aliphatic hydroxyl groups is 1. The first kappa shape index (κ1) is 19.7. The molecule has 0 unspecified atom stereocenters. The highest BCUT2D eigenvalue weighted by atomic mass is 16.7. The second-order valence-electron chi connectivity index (χ2n) is 10.2. The van der Waals surface area contributed by atoms with Gasteiger partial charge in [0.15, 0.2) is 5.79 Å². The number of ketones is 1. The molecule has 5 aliphatic rings. The zero-order valence-electron chi connectivity index (χ0n) is 17.6. The average Bonchev–Trinajstić information content (AvgIpc) is 3.24. The standard InChI is InChI=1S/C23H32O6/c1-13(24)29-18-7-5-14-4-6-15-16-8-9-23(27-10-11-28-23)21(16,2)12-17(25)19(15)22(14,3)20(18)26/h5,15-16,18-20,26H,4,6-12H2,1-3H3/t15-,16-,18+,19+,20-,21-,22-/m0/s1. The molecule has 0 bridgehead atoms. The molecule has 29 heavy (non-hydrogen) atoms. The Balaban J connectivity index is 1.52. The van der Waals surface area contributed by atoms with Crippen LogP contribution < -0.4 is 0 Å². The van der Waals surface area contributed by atoms with Crippen LogP contribution in [-0.2, 0) is 23.8 Å². The molecule has 0 amide bonds. The van der Waals surface area contributed by atoms with E-state index in [9.17, 15) is 14.7 Å². The maximum Gasteiger partial charge on any atom is 0.303 e. The number of esters is 1. The lowest BCUT2D eigenvalue weighted by Gasteiger charge is -2.59. The molecule has 160 valence electrons. The summed E-state index contributed by atoms with van der Waals surface area (Å²) in [6.45, 7) is 6.76. The Morgan fingerprint density at radius 3 is 2.66 bits per heavy atom. The van der Waals surface area contributed by atoms with Crippen molar-refractivity contribution in [2.75, 3.05) is 13.2 Å².